The van der Waals surface area contributed by atoms with Crippen LogP contribution >= 0.6 is 11.6 Å². The van der Waals surface area contributed by atoms with Gasteiger partial charge < -0.3 is 21.2 Å². The molecule has 0 fully saturated rings. The molecule has 0 aliphatic carbocycles. The number of aromatic nitrogens is 3. The number of rotatable bonds is 12. The Labute approximate surface area is 231 Å². The number of nitrogens with one attached hydrogen (secondary N) is 1. The monoisotopic (exact) mass is 552 g/mol. The van der Waals surface area contributed by atoms with Crippen LogP contribution in [-0.2, 0) is 17.8 Å². The third-order valence-electron chi connectivity index (χ3n) is 6.30. The molecule has 2 heterocycles. The molecule has 0 aliphatic rings. The molecule has 10 heteroatoms. The fourth-order valence-corrected chi connectivity index (χ4v) is 4.54. The molecule has 2 aromatic heterocycles. The van der Waals surface area contributed by atoms with Crippen molar-refractivity contribution in [3.05, 3.63) is 81.1 Å². The van der Waals surface area contributed by atoms with E-state index >= 15 is 4.39 Å². The Morgan fingerprint density at radius 2 is 1.97 bits per heavy atom. The highest BCUT2D eigenvalue weighted by Gasteiger charge is 2.15. The van der Waals surface area contributed by atoms with Crippen molar-refractivity contribution in [1.29, 1.82) is 0 Å². The van der Waals surface area contributed by atoms with Crippen LogP contribution in [0.15, 0.2) is 58.4 Å². The lowest BCUT2D eigenvalue weighted by molar-refractivity contribution is 0.120. The Balaban J connectivity index is 1.51. The number of halogens is 2. The largest absolute Gasteiger partial charge is 0.388 e. The highest BCUT2D eigenvalue weighted by Crippen LogP contribution is 2.31. The van der Waals surface area contributed by atoms with Crippen molar-refractivity contribution in [1.82, 2.24) is 14.5 Å². The first-order chi connectivity index (χ1) is 18.7. The molecule has 0 radical (unpaired) electrons. The Morgan fingerprint density at radius 3 is 2.69 bits per heavy atom. The highest BCUT2D eigenvalue weighted by atomic mass is 35.5. The van der Waals surface area contributed by atoms with Crippen LogP contribution in [0.2, 0.25) is 5.02 Å². The SMILES string of the molecule is CC(N)=NCCCOCc1ccc(-n2cc3cc(-c4cc(CCCC(C)N)cc(Cl)c4F)[nH]c3nc2=O)cc1. The number of ether oxygens (including phenoxy) is 1. The molecular weight excluding hydrogens is 519 g/mol. The first-order valence-corrected chi connectivity index (χ1v) is 13.4. The second-order valence-electron chi connectivity index (χ2n) is 9.78. The van der Waals surface area contributed by atoms with Crippen molar-refractivity contribution in [2.75, 3.05) is 13.2 Å². The maximum absolute atomic E-state index is 15.0. The van der Waals surface area contributed by atoms with Crippen molar-refractivity contribution in [2.45, 2.75) is 52.2 Å². The maximum atomic E-state index is 15.0. The minimum absolute atomic E-state index is 0.0534. The van der Waals surface area contributed by atoms with Gasteiger partial charge in [-0.25, -0.2) is 9.18 Å². The lowest BCUT2D eigenvalue weighted by Gasteiger charge is -2.09. The molecule has 0 saturated carbocycles. The minimum atomic E-state index is -0.519. The smallest absolute Gasteiger partial charge is 0.354 e. The van der Waals surface area contributed by atoms with Gasteiger partial charge in [0.15, 0.2) is 5.82 Å². The van der Waals surface area contributed by atoms with Gasteiger partial charge in [0, 0.05) is 36.3 Å². The first-order valence-electron chi connectivity index (χ1n) is 13.0. The van der Waals surface area contributed by atoms with E-state index in [0.29, 0.717) is 53.6 Å². The van der Waals surface area contributed by atoms with E-state index in [1.54, 1.807) is 31.3 Å². The van der Waals surface area contributed by atoms with Gasteiger partial charge in [-0.05, 0) is 81.0 Å². The zero-order valence-corrected chi connectivity index (χ0v) is 23.0. The van der Waals surface area contributed by atoms with Crippen molar-refractivity contribution >= 4 is 28.5 Å². The van der Waals surface area contributed by atoms with Crippen molar-refractivity contribution in [3.8, 4) is 16.9 Å². The molecule has 4 rings (SSSR count). The highest BCUT2D eigenvalue weighted by molar-refractivity contribution is 6.31. The van der Waals surface area contributed by atoms with Crippen LogP contribution in [0.4, 0.5) is 4.39 Å². The maximum Gasteiger partial charge on any atom is 0.354 e. The summed E-state index contributed by atoms with van der Waals surface area (Å²) in [6.07, 6.45) is 4.97. The van der Waals surface area contributed by atoms with Crippen molar-refractivity contribution < 1.29 is 9.13 Å². The predicted octanol–water partition coefficient (Wildman–Crippen LogP) is 5.13. The molecule has 2 aromatic carbocycles. The average Bonchev–Trinajstić information content (AvgIpc) is 3.30. The molecule has 5 N–H and O–H groups in total. The zero-order valence-electron chi connectivity index (χ0n) is 22.2. The number of fused-ring (bicyclic) bond motifs is 1. The van der Waals surface area contributed by atoms with Gasteiger partial charge in [0.25, 0.3) is 0 Å². The number of H-pyrrole nitrogens is 1. The van der Waals surface area contributed by atoms with Crippen LogP contribution in [0, 0.1) is 5.82 Å². The number of aliphatic imine (C=N–C) groups is 1. The van der Waals surface area contributed by atoms with E-state index in [2.05, 4.69) is 15.0 Å². The quantitative estimate of drug-likeness (QED) is 0.128. The summed E-state index contributed by atoms with van der Waals surface area (Å²) in [6.45, 7) is 5.40. The molecule has 0 saturated heterocycles. The average molecular weight is 553 g/mol. The third-order valence-corrected chi connectivity index (χ3v) is 6.58. The van der Waals surface area contributed by atoms with Gasteiger partial charge in [-0.2, -0.15) is 4.98 Å². The van der Waals surface area contributed by atoms with Gasteiger partial charge in [0.05, 0.1) is 28.8 Å². The number of hydrogen-bond acceptors (Lipinski definition) is 5. The van der Waals surface area contributed by atoms with Gasteiger partial charge in [-0.3, -0.25) is 9.56 Å². The van der Waals surface area contributed by atoms with E-state index in [0.717, 1.165) is 36.8 Å². The lowest BCUT2D eigenvalue weighted by atomic mass is 10.0. The second-order valence-corrected chi connectivity index (χ2v) is 10.2. The third kappa shape index (κ3) is 7.53. The number of nitrogens with zero attached hydrogens (tertiary/aromatic N) is 3. The Morgan fingerprint density at radius 1 is 1.21 bits per heavy atom. The van der Waals surface area contributed by atoms with Gasteiger partial charge in [0.2, 0.25) is 0 Å². The summed E-state index contributed by atoms with van der Waals surface area (Å²) in [4.78, 5) is 24.2. The van der Waals surface area contributed by atoms with Crippen LogP contribution in [0.5, 0.6) is 0 Å². The van der Waals surface area contributed by atoms with E-state index in [-0.39, 0.29) is 11.1 Å². The second kappa shape index (κ2) is 13.0. The van der Waals surface area contributed by atoms with E-state index < -0.39 is 11.5 Å². The molecule has 0 amide bonds. The normalized spacial score (nSPS) is 12.8. The molecular formula is C29H34ClFN6O2. The number of hydrogen-bond donors (Lipinski definition) is 3. The van der Waals surface area contributed by atoms with E-state index in [1.807, 2.05) is 31.2 Å². The molecule has 1 unspecified atom stereocenters. The number of nitrogens with two attached hydrogens (primary N) is 2. The van der Waals surface area contributed by atoms with Crippen LogP contribution in [0.3, 0.4) is 0 Å². The summed E-state index contributed by atoms with van der Waals surface area (Å²) in [6, 6.07) is 12.8. The Kier molecular flexibility index (Phi) is 9.50. The summed E-state index contributed by atoms with van der Waals surface area (Å²) in [5.41, 5.74) is 14.7. The first kappa shape index (κ1) is 28.5. The summed E-state index contributed by atoms with van der Waals surface area (Å²) in [5, 5.41) is 0.725. The van der Waals surface area contributed by atoms with Crippen LogP contribution in [0.25, 0.3) is 28.0 Å². The molecule has 0 bridgehead atoms. The summed E-state index contributed by atoms with van der Waals surface area (Å²) < 4.78 is 22.2. The molecule has 8 nitrogen and oxygen atoms in total. The van der Waals surface area contributed by atoms with Crippen molar-refractivity contribution in [3.63, 3.8) is 0 Å². The molecule has 4 aromatic rings. The Hall–Kier alpha value is -3.53. The van der Waals surface area contributed by atoms with E-state index in [1.165, 1.54) is 4.57 Å². The van der Waals surface area contributed by atoms with E-state index in [9.17, 15) is 4.79 Å². The molecule has 0 spiro atoms. The van der Waals surface area contributed by atoms with Crippen molar-refractivity contribution in [2.24, 2.45) is 16.5 Å². The van der Waals surface area contributed by atoms with Gasteiger partial charge >= 0.3 is 5.69 Å². The predicted molar refractivity (Wildman–Crippen MR) is 155 cm³/mol. The van der Waals surface area contributed by atoms with Gasteiger partial charge in [0.1, 0.15) is 5.65 Å². The fourth-order valence-electron chi connectivity index (χ4n) is 4.30. The number of aromatic amines is 1. The van der Waals surface area contributed by atoms with Crippen LogP contribution < -0.4 is 17.2 Å². The summed E-state index contributed by atoms with van der Waals surface area (Å²) >= 11 is 6.22. The molecule has 1 atom stereocenters. The molecule has 0 aliphatic heterocycles. The summed E-state index contributed by atoms with van der Waals surface area (Å²) in [7, 11) is 0. The molecule has 206 valence electrons. The number of aryl methyl sites for hydroxylation is 1. The Bertz CT molecular complexity index is 1510. The minimum Gasteiger partial charge on any atom is -0.388 e. The lowest BCUT2D eigenvalue weighted by Crippen LogP contribution is -2.20. The van der Waals surface area contributed by atoms with Crippen LogP contribution in [-0.4, -0.2) is 39.6 Å². The fraction of sp³-hybridized carbons (Fsp3) is 0.345. The zero-order chi connectivity index (χ0) is 27.9. The summed E-state index contributed by atoms with van der Waals surface area (Å²) in [5.74, 6) is 0.0494. The molecule has 39 heavy (non-hydrogen) atoms. The number of benzene rings is 2. The number of amidine groups is 1. The van der Waals surface area contributed by atoms with Gasteiger partial charge in [-0.15, -0.1) is 0 Å². The standard InChI is InChI=1S/C29H34ClFN6O2/c1-18(32)5-3-6-21-13-24(27(31)25(30)14-21)26-15-22-16-37(29(38)36-28(22)35-26)23-9-7-20(8-10-23)17-39-12-4-11-34-19(2)33/h7-10,13-16,18H,3-6,11-12,17,32H2,1-2H3,(H2,33,34)(H,35,36,38). The van der Waals surface area contributed by atoms with Gasteiger partial charge in [-0.1, -0.05) is 23.7 Å². The van der Waals surface area contributed by atoms with E-state index in [4.69, 9.17) is 27.8 Å². The topological polar surface area (TPSA) is 124 Å². The van der Waals surface area contributed by atoms with Crippen LogP contribution in [0.1, 0.15) is 44.2 Å².